The van der Waals surface area contributed by atoms with E-state index in [1.54, 1.807) is 0 Å². The molecule has 0 heterocycles. The minimum absolute atomic E-state index is 0.250. The maximum atomic E-state index is 10.2. The Balaban J connectivity index is 3.63. The lowest BCUT2D eigenvalue weighted by molar-refractivity contribution is -0.136. The van der Waals surface area contributed by atoms with Crippen molar-refractivity contribution in [1.29, 1.82) is 0 Å². The van der Waals surface area contributed by atoms with Gasteiger partial charge in [-0.1, -0.05) is 25.5 Å². The highest BCUT2D eigenvalue weighted by atomic mass is 16.4. The van der Waals surface area contributed by atoms with E-state index < -0.39 is 5.97 Å². The summed E-state index contributed by atoms with van der Waals surface area (Å²) in [6, 6.07) is 0. The molecule has 0 aliphatic carbocycles. The smallest absolute Gasteiger partial charge is 0.303 e. The molecule has 0 aromatic carbocycles. The second kappa shape index (κ2) is 5.81. The summed E-state index contributed by atoms with van der Waals surface area (Å²) in [5.74, 6) is -0.0583. The van der Waals surface area contributed by atoms with Gasteiger partial charge in [-0.15, -0.1) is 0 Å². The fourth-order valence-corrected chi connectivity index (χ4v) is 0.843. The van der Waals surface area contributed by atoms with Gasteiger partial charge in [-0.25, -0.2) is 0 Å². The van der Waals surface area contributed by atoms with E-state index in [2.05, 4.69) is 19.9 Å². The fourth-order valence-electron chi connectivity index (χ4n) is 0.843. The van der Waals surface area contributed by atoms with Crippen LogP contribution in [0.25, 0.3) is 0 Å². The van der Waals surface area contributed by atoms with Crippen molar-refractivity contribution in [1.82, 2.24) is 0 Å². The zero-order chi connectivity index (χ0) is 9.56. The van der Waals surface area contributed by atoms with E-state index in [0.29, 0.717) is 12.3 Å². The van der Waals surface area contributed by atoms with Crippen molar-refractivity contribution in [2.45, 2.75) is 40.0 Å². The Morgan fingerprint density at radius 1 is 1.42 bits per heavy atom. The molecule has 2 heteroatoms. The first kappa shape index (κ1) is 11.2. The second-order valence-electron chi connectivity index (χ2n) is 3.57. The molecule has 0 saturated carbocycles. The third-order valence-electron chi connectivity index (χ3n) is 1.67. The molecule has 0 aromatic heterocycles. The highest BCUT2D eigenvalue weighted by Gasteiger charge is 1.97. The number of carboxylic acids is 1. The molecule has 0 amide bonds. The van der Waals surface area contributed by atoms with Crippen LogP contribution < -0.4 is 0 Å². The number of hydrogen-bond acceptors (Lipinski definition) is 1. The molecule has 70 valence electrons. The van der Waals surface area contributed by atoms with Crippen molar-refractivity contribution in [3.8, 4) is 0 Å². The summed E-state index contributed by atoms with van der Waals surface area (Å²) in [5, 5.41) is 8.41. The van der Waals surface area contributed by atoms with Crippen LogP contribution >= 0.6 is 0 Å². The second-order valence-corrected chi connectivity index (χ2v) is 3.57. The first-order valence-electron chi connectivity index (χ1n) is 4.39. The van der Waals surface area contributed by atoms with E-state index in [0.717, 1.165) is 6.42 Å². The van der Waals surface area contributed by atoms with E-state index in [4.69, 9.17) is 5.11 Å². The molecule has 0 unspecified atom stereocenters. The van der Waals surface area contributed by atoms with Crippen LogP contribution in [0.5, 0.6) is 0 Å². The lowest BCUT2D eigenvalue weighted by atomic mass is 10.1. The third-order valence-corrected chi connectivity index (χ3v) is 1.67. The normalized spacial score (nSPS) is 12.2. The first-order chi connectivity index (χ1) is 5.52. The third kappa shape index (κ3) is 7.32. The van der Waals surface area contributed by atoms with Gasteiger partial charge in [-0.3, -0.25) is 4.79 Å². The summed E-state index contributed by atoms with van der Waals surface area (Å²) in [4.78, 5) is 10.2. The van der Waals surface area contributed by atoms with Gasteiger partial charge < -0.3 is 5.11 Å². The summed E-state index contributed by atoms with van der Waals surface area (Å²) in [5.41, 5.74) is 1.19. The Morgan fingerprint density at radius 2 is 2.00 bits per heavy atom. The van der Waals surface area contributed by atoms with Gasteiger partial charge in [0.1, 0.15) is 0 Å². The maximum absolute atomic E-state index is 10.2. The standard InChI is InChI=1S/C10H18O2/c1-8(2)4-5-9(3)6-7-10(11)12/h5,8H,4,6-7H2,1-3H3,(H,11,12)/b9-5-. The quantitative estimate of drug-likeness (QED) is 0.644. The van der Waals surface area contributed by atoms with Crippen molar-refractivity contribution in [2.24, 2.45) is 5.92 Å². The van der Waals surface area contributed by atoms with Crippen LogP contribution in [-0.2, 0) is 4.79 Å². The molecule has 0 aliphatic rings. The molecular formula is C10H18O2. The number of carboxylic acid groups (broad SMARTS) is 1. The summed E-state index contributed by atoms with van der Waals surface area (Å²) >= 11 is 0. The van der Waals surface area contributed by atoms with Gasteiger partial charge in [0.15, 0.2) is 0 Å². The summed E-state index contributed by atoms with van der Waals surface area (Å²) in [7, 11) is 0. The van der Waals surface area contributed by atoms with Gasteiger partial charge in [-0.05, 0) is 25.7 Å². The Labute approximate surface area is 74.3 Å². The number of rotatable bonds is 5. The van der Waals surface area contributed by atoms with Gasteiger partial charge in [0.2, 0.25) is 0 Å². The van der Waals surface area contributed by atoms with Crippen LogP contribution in [0.15, 0.2) is 11.6 Å². The molecule has 0 aliphatic heterocycles. The largest absolute Gasteiger partial charge is 0.481 e. The molecule has 1 N–H and O–H groups in total. The minimum atomic E-state index is -0.715. The van der Waals surface area contributed by atoms with Gasteiger partial charge in [0.05, 0.1) is 0 Å². The van der Waals surface area contributed by atoms with Crippen LogP contribution in [0.2, 0.25) is 0 Å². The van der Waals surface area contributed by atoms with Gasteiger partial charge in [0.25, 0.3) is 0 Å². The predicted molar refractivity (Wildman–Crippen MR) is 50.1 cm³/mol. The molecule has 12 heavy (non-hydrogen) atoms. The average molecular weight is 170 g/mol. The molecule has 0 atom stereocenters. The molecule has 0 aromatic rings. The molecule has 0 spiro atoms. The molecule has 0 rings (SSSR count). The van der Waals surface area contributed by atoms with E-state index in [1.807, 2.05) is 6.92 Å². The van der Waals surface area contributed by atoms with Crippen LogP contribution in [0.3, 0.4) is 0 Å². The zero-order valence-corrected chi connectivity index (χ0v) is 8.13. The number of hydrogen-bond donors (Lipinski definition) is 1. The first-order valence-corrected chi connectivity index (χ1v) is 4.39. The highest BCUT2D eigenvalue weighted by molar-refractivity contribution is 5.66. The molecule has 0 radical (unpaired) electrons. The fraction of sp³-hybridized carbons (Fsp3) is 0.700. The Kier molecular flexibility index (Phi) is 5.43. The molecule has 0 fully saturated rings. The van der Waals surface area contributed by atoms with E-state index in [9.17, 15) is 4.79 Å². The van der Waals surface area contributed by atoms with Gasteiger partial charge in [0, 0.05) is 6.42 Å². The predicted octanol–water partition coefficient (Wildman–Crippen LogP) is 2.84. The molecule has 0 bridgehead atoms. The summed E-state index contributed by atoms with van der Waals surface area (Å²) in [6.45, 7) is 6.30. The van der Waals surface area contributed by atoms with Crippen molar-refractivity contribution < 1.29 is 9.90 Å². The minimum Gasteiger partial charge on any atom is -0.481 e. The lowest BCUT2D eigenvalue weighted by Crippen LogP contribution is -1.94. The monoisotopic (exact) mass is 170 g/mol. The van der Waals surface area contributed by atoms with E-state index in [1.165, 1.54) is 5.57 Å². The van der Waals surface area contributed by atoms with Crippen molar-refractivity contribution in [3.63, 3.8) is 0 Å². The number of allylic oxidation sites excluding steroid dienone is 2. The van der Waals surface area contributed by atoms with Crippen LogP contribution in [0, 0.1) is 5.92 Å². The van der Waals surface area contributed by atoms with Gasteiger partial charge in [-0.2, -0.15) is 0 Å². The SMILES string of the molecule is C/C(=C/CC(C)C)CCC(=O)O. The van der Waals surface area contributed by atoms with E-state index >= 15 is 0 Å². The Hall–Kier alpha value is -0.790. The van der Waals surface area contributed by atoms with Crippen LogP contribution in [0.4, 0.5) is 0 Å². The van der Waals surface area contributed by atoms with Gasteiger partial charge >= 0.3 is 5.97 Å². The van der Waals surface area contributed by atoms with Crippen molar-refractivity contribution in [3.05, 3.63) is 11.6 Å². The highest BCUT2D eigenvalue weighted by Crippen LogP contribution is 2.08. The number of carbonyl (C=O) groups is 1. The van der Waals surface area contributed by atoms with Crippen molar-refractivity contribution in [2.75, 3.05) is 0 Å². The Bertz CT molecular complexity index is 169. The molecule has 2 nitrogen and oxygen atoms in total. The Morgan fingerprint density at radius 3 is 2.42 bits per heavy atom. The topological polar surface area (TPSA) is 37.3 Å². The zero-order valence-electron chi connectivity index (χ0n) is 8.13. The van der Waals surface area contributed by atoms with Crippen LogP contribution in [-0.4, -0.2) is 11.1 Å². The lowest BCUT2D eigenvalue weighted by Gasteiger charge is -2.01. The summed E-state index contributed by atoms with van der Waals surface area (Å²) < 4.78 is 0. The summed E-state index contributed by atoms with van der Waals surface area (Å²) in [6.07, 6.45) is 4.11. The number of aliphatic carboxylic acids is 1. The van der Waals surface area contributed by atoms with Crippen molar-refractivity contribution >= 4 is 5.97 Å². The molecular weight excluding hydrogens is 152 g/mol. The molecule has 0 saturated heterocycles. The van der Waals surface area contributed by atoms with Crippen LogP contribution in [0.1, 0.15) is 40.0 Å². The average Bonchev–Trinajstić information content (AvgIpc) is 1.96. The van der Waals surface area contributed by atoms with E-state index in [-0.39, 0.29) is 6.42 Å². The maximum Gasteiger partial charge on any atom is 0.303 e.